The highest BCUT2D eigenvalue weighted by molar-refractivity contribution is 6.85. The van der Waals surface area contributed by atoms with Gasteiger partial charge in [0.25, 0.3) is 0 Å². The number of amides is 1. The summed E-state index contributed by atoms with van der Waals surface area (Å²) in [5, 5.41) is 0. The van der Waals surface area contributed by atoms with Crippen molar-refractivity contribution in [2.45, 2.75) is 38.9 Å². The number of nitrogens with one attached hydrogen (secondary N) is 1. The van der Waals surface area contributed by atoms with Gasteiger partial charge in [0, 0.05) is 0 Å². The second-order valence-electron chi connectivity index (χ2n) is 5.17. The van der Waals surface area contributed by atoms with E-state index in [-0.39, 0.29) is 6.09 Å². The summed E-state index contributed by atoms with van der Waals surface area (Å²) < 4.78 is 6.85. The highest BCUT2D eigenvalue weighted by Crippen LogP contribution is 2.30. The van der Waals surface area contributed by atoms with Crippen molar-refractivity contribution in [2.75, 3.05) is 11.7 Å². The molecule has 0 unspecified atom stereocenters. The van der Waals surface area contributed by atoms with Gasteiger partial charge in [-0.25, -0.2) is 9.78 Å². The van der Waals surface area contributed by atoms with Crippen LogP contribution in [-0.4, -0.2) is 31.4 Å². The van der Waals surface area contributed by atoms with Gasteiger partial charge in [0.05, 0.1) is 18.1 Å². The van der Waals surface area contributed by atoms with Crippen LogP contribution in [0.4, 0.5) is 10.7 Å². The van der Waals surface area contributed by atoms with Crippen LogP contribution in [0.5, 0.6) is 0 Å². The van der Waals surface area contributed by atoms with Crippen molar-refractivity contribution in [1.82, 2.24) is 9.97 Å². The Hall–Kier alpha value is -1.82. The Morgan fingerprint density at radius 2 is 1.86 bits per heavy atom. The first-order chi connectivity index (χ1) is 10.1. The normalized spacial score (nSPS) is 11.6. The summed E-state index contributed by atoms with van der Waals surface area (Å²) in [6, 6.07) is 10.7. The number of para-hydroxylation sites is 2. The van der Waals surface area contributed by atoms with Crippen molar-refractivity contribution in [2.24, 2.45) is 0 Å². The number of carbonyl (C=O) groups is 1. The number of rotatable bonds is 5. The van der Waals surface area contributed by atoms with Crippen LogP contribution >= 0.6 is 0 Å². The standard InChI is InChI=1S/C15H23N3O2Si/c1-5-21(6-2,7-3)18(15(19)20-4)14-16-12-10-8-9-11-13(12)17-14/h8-11H,5-7H2,1-4H3,(H,16,17). The Bertz CT molecular complexity index is 581. The number of methoxy groups -OCH3 is 1. The van der Waals surface area contributed by atoms with Gasteiger partial charge in [0.1, 0.15) is 0 Å². The predicted molar refractivity (Wildman–Crippen MR) is 88.2 cm³/mol. The van der Waals surface area contributed by atoms with Crippen molar-refractivity contribution in [3.8, 4) is 0 Å². The van der Waals surface area contributed by atoms with E-state index in [0.29, 0.717) is 5.95 Å². The van der Waals surface area contributed by atoms with E-state index in [0.717, 1.165) is 29.2 Å². The van der Waals surface area contributed by atoms with Crippen molar-refractivity contribution < 1.29 is 9.53 Å². The lowest BCUT2D eigenvalue weighted by atomic mass is 10.3. The summed E-state index contributed by atoms with van der Waals surface area (Å²) >= 11 is 0. The summed E-state index contributed by atoms with van der Waals surface area (Å²) in [5.74, 6) is 0.611. The smallest absolute Gasteiger partial charge is 0.408 e. The fourth-order valence-corrected chi connectivity index (χ4v) is 6.35. The second-order valence-corrected chi connectivity index (χ2v) is 10.2. The molecule has 2 rings (SSSR count). The lowest BCUT2D eigenvalue weighted by molar-refractivity contribution is 0.182. The fraction of sp³-hybridized carbons (Fsp3) is 0.467. The first kappa shape index (κ1) is 15.6. The number of carbonyl (C=O) groups excluding carboxylic acids is 1. The van der Waals surface area contributed by atoms with E-state index in [1.165, 1.54) is 7.11 Å². The first-order valence-corrected chi connectivity index (χ1v) is 10.0. The monoisotopic (exact) mass is 305 g/mol. The predicted octanol–water partition coefficient (Wildman–Crippen LogP) is 4.14. The molecule has 1 aromatic heterocycles. The molecular weight excluding hydrogens is 282 g/mol. The number of anilines is 1. The molecule has 0 saturated carbocycles. The molecule has 0 aliphatic rings. The molecule has 0 fully saturated rings. The molecule has 6 heteroatoms. The van der Waals surface area contributed by atoms with E-state index >= 15 is 0 Å². The third-order valence-corrected chi connectivity index (χ3v) is 9.69. The molecule has 2 aromatic rings. The van der Waals surface area contributed by atoms with Gasteiger partial charge in [-0.1, -0.05) is 32.9 Å². The van der Waals surface area contributed by atoms with Crippen LogP contribution in [0.25, 0.3) is 11.0 Å². The summed E-state index contributed by atoms with van der Waals surface area (Å²) in [7, 11) is -0.541. The minimum Gasteiger partial charge on any atom is -0.453 e. The number of imidazole rings is 1. The van der Waals surface area contributed by atoms with Crippen LogP contribution in [-0.2, 0) is 4.74 Å². The lowest BCUT2D eigenvalue weighted by Gasteiger charge is -2.37. The van der Waals surface area contributed by atoms with Crippen LogP contribution in [0, 0.1) is 0 Å². The third kappa shape index (κ3) is 2.67. The average molecular weight is 305 g/mol. The number of aromatic nitrogens is 2. The van der Waals surface area contributed by atoms with E-state index in [4.69, 9.17) is 4.74 Å². The van der Waals surface area contributed by atoms with Crippen LogP contribution in [0.2, 0.25) is 18.1 Å². The summed E-state index contributed by atoms with van der Waals surface area (Å²) in [6.45, 7) is 6.45. The van der Waals surface area contributed by atoms with Crippen molar-refractivity contribution >= 4 is 31.3 Å². The Balaban J connectivity index is 2.56. The van der Waals surface area contributed by atoms with Gasteiger partial charge < -0.3 is 9.72 Å². The van der Waals surface area contributed by atoms with E-state index in [1.54, 1.807) is 0 Å². The van der Waals surface area contributed by atoms with Crippen molar-refractivity contribution in [1.29, 1.82) is 0 Å². The molecule has 1 heterocycles. The molecule has 0 aliphatic carbocycles. The van der Waals surface area contributed by atoms with Gasteiger partial charge in [-0.2, -0.15) is 0 Å². The summed E-state index contributed by atoms with van der Waals surface area (Å²) in [4.78, 5) is 20.3. The molecule has 0 radical (unpaired) electrons. The van der Waals surface area contributed by atoms with Crippen LogP contribution in [0.15, 0.2) is 24.3 Å². The number of H-pyrrole nitrogens is 1. The molecule has 1 N–H and O–H groups in total. The molecule has 1 amide bonds. The van der Waals surface area contributed by atoms with Gasteiger partial charge in [0.2, 0.25) is 5.95 Å². The number of ether oxygens (including phenoxy) is 1. The molecule has 0 bridgehead atoms. The highest BCUT2D eigenvalue weighted by atomic mass is 28.3. The van der Waals surface area contributed by atoms with Crippen molar-refractivity contribution in [3.63, 3.8) is 0 Å². The van der Waals surface area contributed by atoms with Crippen LogP contribution < -0.4 is 4.57 Å². The number of fused-ring (bicyclic) bond motifs is 1. The number of aromatic amines is 1. The molecule has 21 heavy (non-hydrogen) atoms. The SMILES string of the molecule is CC[Si](CC)(CC)N(C(=O)OC)c1nc2ccccc2[nH]1. The molecule has 5 nitrogen and oxygen atoms in total. The van der Waals surface area contributed by atoms with E-state index < -0.39 is 8.24 Å². The summed E-state index contributed by atoms with van der Waals surface area (Å²) in [6.07, 6.45) is -0.314. The first-order valence-electron chi connectivity index (χ1n) is 7.44. The zero-order valence-electron chi connectivity index (χ0n) is 13.1. The molecule has 0 spiro atoms. The number of nitrogens with zero attached hydrogens (tertiary/aromatic N) is 2. The van der Waals surface area contributed by atoms with E-state index in [2.05, 4.69) is 30.7 Å². The lowest BCUT2D eigenvalue weighted by Crippen LogP contribution is -2.56. The topological polar surface area (TPSA) is 58.2 Å². The Kier molecular flexibility index (Phi) is 4.67. The van der Waals surface area contributed by atoms with E-state index in [1.807, 2.05) is 28.8 Å². The van der Waals surface area contributed by atoms with Gasteiger partial charge in [-0.05, 0) is 30.3 Å². The summed E-state index contributed by atoms with van der Waals surface area (Å²) in [5.41, 5.74) is 1.81. The van der Waals surface area contributed by atoms with Crippen LogP contribution in [0.1, 0.15) is 20.8 Å². The largest absolute Gasteiger partial charge is 0.453 e. The molecule has 0 saturated heterocycles. The zero-order chi connectivity index (χ0) is 15.5. The maximum absolute atomic E-state index is 12.4. The highest BCUT2D eigenvalue weighted by Gasteiger charge is 2.41. The molecule has 0 atom stereocenters. The maximum Gasteiger partial charge on any atom is 0.408 e. The average Bonchev–Trinajstić information content (AvgIpc) is 2.95. The zero-order valence-corrected chi connectivity index (χ0v) is 14.1. The quantitative estimate of drug-likeness (QED) is 0.845. The Labute approximate surface area is 126 Å². The Morgan fingerprint density at radius 1 is 1.24 bits per heavy atom. The molecule has 1 aromatic carbocycles. The van der Waals surface area contributed by atoms with Gasteiger partial charge >= 0.3 is 6.09 Å². The number of hydrogen-bond acceptors (Lipinski definition) is 3. The minimum atomic E-state index is -1.97. The molecular formula is C15H23N3O2Si. The van der Waals surface area contributed by atoms with Crippen LogP contribution in [0.3, 0.4) is 0 Å². The number of benzene rings is 1. The minimum absolute atomic E-state index is 0.314. The second kappa shape index (κ2) is 6.30. The van der Waals surface area contributed by atoms with Crippen molar-refractivity contribution in [3.05, 3.63) is 24.3 Å². The molecule has 0 aliphatic heterocycles. The van der Waals surface area contributed by atoms with E-state index in [9.17, 15) is 4.79 Å². The van der Waals surface area contributed by atoms with Gasteiger partial charge in [-0.3, -0.25) is 4.57 Å². The maximum atomic E-state index is 12.4. The Morgan fingerprint density at radius 3 is 2.38 bits per heavy atom. The van der Waals surface area contributed by atoms with Gasteiger partial charge in [-0.15, -0.1) is 0 Å². The van der Waals surface area contributed by atoms with Gasteiger partial charge in [0.15, 0.2) is 8.24 Å². The third-order valence-electron chi connectivity index (χ3n) is 4.39. The molecule has 114 valence electrons. The fourth-order valence-electron chi connectivity index (χ4n) is 2.87. The number of hydrogen-bond donors (Lipinski definition) is 1.